The van der Waals surface area contributed by atoms with E-state index in [4.69, 9.17) is 9.72 Å². The fourth-order valence-corrected chi connectivity index (χ4v) is 4.29. The first-order chi connectivity index (χ1) is 14.7. The van der Waals surface area contributed by atoms with Crippen LogP contribution in [-0.4, -0.2) is 42.6 Å². The highest BCUT2D eigenvalue weighted by atomic mass is 32.1. The van der Waals surface area contributed by atoms with Gasteiger partial charge in [-0.3, -0.25) is 0 Å². The zero-order valence-corrected chi connectivity index (χ0v) is 19.5. The molecule has 1 unspecified atom stereocenters. The summed E-state index contributed by atoms with van der Waals surface area (Å²) < 4.78 is 5.25. The van der Waals surface area contributed by atoms with Gasteiger partial charge in [-0.25, -0.2) is 9.78 Å². The number of para-hydroxylation sites is 1. The average Bonchev–Trinajstić information content (AvgIpc) is 3.39. The van der Waals surface area contributed by atoms with E-state index in [-0.39, 0.29) is 12.6 Å². The molecule has 1 fully saturated rings. The molecule has 2 aromatic rings. The average molecular weight is 445 g/mol. The summed E-state index contributed by atoms with van der Waals surface area (Å²) in [5.41, 5.74) is 0.917. The number of thiazole rings is 1. The van der Waals surface area contributed by atoms with Crippen LogP contribution in [0.15, 0.2) is 35.7 Å². The lowest BCUT2D eigenvalue weighted by atomic mass is 9.93. The van der Waals surface area contributed by atoms with Crippen molar-refractivity contribution in [3.05, 3.63) is 41.4 Å². The predicted octanol–water partition coefficient (Wildman–Crippen LogP) is 4.63. The van der Waals surface area contributed by atoms with E-state index in [0.29, 0.717) is 6.54 Å². The number of aldehydes is 1. The van der Waals surface area contributed by atoms with E-state index >= 15 is 0 Å². The Balaban J connectivity index is 1.57. The number of carbonyl (C=O) groups is 2. The van der Waals surface area contributed by atoms with Crippen molar-refractivity contribution >= 4 is 34.5 Å². The maximum absolute atomic E-state index is 11.9. The number of hydrogen-bond donors (Lipinski definition) is 2. The van der Waals surface area contributed by atoms with E-state index in [1.165, 1.54) is 5.69 Å². The fourth-order valence-electron chi connectivity index (χ4n) is 3.53. The van der Waals surface area contributed by atoms with Crippen molar-refractivity contribution < 1.29 is 14.3 Å². The Kier molecular flexibility index (Phi) is 7.20. The maximum Gasteiger partial charge on any atom is 0.407 e. The van der Waals surface area contributed by atoms with Gasteiger partial charge in [0, 0.05) is 30.7 Å². The lowest BCUT2D eigenvalue weighted by molar-refractivity contribution is -0.114. The summed E-state index contributed by atoms with van der Waals surface area (Å²) in [4.78, 5) is 30.8. The molecule has 2 atom stereocenters. The monoisotopic (exact) mass is 444 g/mol. The molecule has 1 aromatic heterocycles. The number of aromatic nitrogens is 1. The number of alkyl carbamates (subject to hydrolysis) is 1. The molecule has 1 amide bonds. The van der Waals surface area contributed by atoms with E-state index in [1.54, 1.807) is 39.0 Å². The number of carbonyl (C=O) groups excluding carboxylic acids is 2. The molecule has 1 aromatic carbocycles. The first kappa shape index (κ1) is 23.1. The lowest BCUT2D eigenvalue weighted by Crippen LogP contribution is -2.43. The summed E-state index contributed by atoms with van der Waals surface area (Å²) in [6, 6.07) is 10.7. The molecule has 7 nitrogen and oxygen atoms in total. The summed E-state index contributed by atoms with van der Waals surface area (Å²) in [6.45, 7) is 8.78. The number of benzene rings is 1. The summed E-state index contributed by atoms with van der Waals surface area (Å²) in [5.74, 6) is 0. The third-order valence-electron chi connectivity index (χ3n) is 5.17. The molecule has 168 valence electrons. The van der Waals surface area contributed by atoms with Crippen molar-refractivity contribution in [1.82, 2.24) is 10.3 Å². The smallest absolute Gasteiger partial charge is 0.407 e. The van der Waals surface area contributed by atoms with Crippen molar-refractivity contribution in [2.45, 2.75) is 52.2 Å². The van der Waals surface area contributed by atoms with Crippen molar-refractivity contribution in [1.29, 1.82) is 0 Å². The summed E-state index contributed by atoms with van der Waals surface area (Å²) in [6.07, 6.45) is 2.54. The molecule has 0 aliphatic carbocycles. The van der Waals surface area contributed by atoms with E-state index in [0.717, 1.165) is 36.5 Å². The number of nitrogens with one attached hydrogen (secondary N) is 2. The molecule has 0 radical (unpaired) electrons. The molecule has 31 heavy (non-hydrogen) atoms. The summed E-state index contributed by atoms with van der Waals surface area (Å²) >= 11 is 1.54. The third kappa shape index (κ3) is 6.43. The molecule has 2 heterocycles. The molecule has 0 spiro atoms. The number of hydrogen-bond acceptors (Lipinski definition) is 7. The second-order valence-electron chi connectivity index (χ2n) is 9.25. The van der Waals surface area contributed by atoms with Gasteiger partial charge < -0.3 is 25.1 Å². The molecule has 8 heteroatoms. The normalized spacial score (nSPS) is 18.3. The predicted molar refractivity (Wildman–Crippen MR) is 125 cm³/mol. The van der Waals surface area contributed by atoms with Crippen LogP contribution in [-0.2, 0) is 9.53 Å². The van der Waals surface area contributed by atoms with Crippen LogP contribution in [0, 0.1) is 5.41 Å². The molecule has 0 bridgehead atoms. The van der Waals surface area contributed by atoms with Crippen molar-refractivity contribution in [2.75, 3.05) is 29.9 Å². The van der Waals surface area contributed by atoms with Crippen LogP contribution in [0.5, 0.6) is 0 Å². The van der Waals surface area contributed by atoms with Crippen LogP contribution in [0.3, 0.4) is 0 Å². The lowest BCUT2D eigenvalue weighted by Gasteiger charge is -2.26. The molecule has 0 saturated carbocycles. The van der Waals surface area contributed by atoms with E-state index in [2.05, 4.69) is 45.2 Å². The number of amides is 1. The van der Waals surface area contributed by atoms with E-state index in [1.807, 2.05) is 6.07 Å². The van der Waals surface area contributed by atoms with Gasteiger partial charge in [-0.1, -0.05) is 18.2 Å². The first-order valence-corrected chi connectivity index (χ1v) is 11.5. The second-order valence-corrected chi connectivity index (χ2v) is 10.1. The minimum atomic E-state index is -0.772. The number of nitrogens with zero attached hydrogens (tertiary/aromatic N) is 2. The van der Waals surface area contributed by atoms with Gasteiger partial charge in [-0.05, 0) is 52.7 Å². The minimum Gasteiger partial charge on any atom is -0.444 e. The molecule has 1 aliphatic heterocycles. The maximum atomic E-state index is 11.9. The number of rotatable bonds is 8. The highest BCUT2D eigenvalue weighted by Gasteiger charge is 2.29. The Bertz CT molecular complexity index is 880. The highest BCUT2D eigenvalue weighted by Crippen LogP contribution is 2.37. The molecular formula is C23H32N4O3S. The van der Waals surface area contributed by atoms with Gasteiger partial charge in [-0.15, -0.1) is 11.3 Å². The quantitative estimate of drug-likeness (QED) is 0.578. The van der Waals surface area contributed by atoms with Gasteiger partial charge in [0.2, 0.25) is 0 Å². The Morgan fingerprint density at radius 1 is 1.26 bits per heavy atom. The van der Waals surface area contributed by atoms with Crippen molar-refractivity contribution in [3.63, 3.8) is 0 Å². The first-order valence-electron chi connectivity index (χ1n) is 10.6. The summed E-state index contributed by atoms with van der Waals surface area (Å²) in [5, 5.41) is 8.82. The van der Waals surface area contributed by atoms with Crippen molar-refractivity contribution in [2.24, 2.45) is 5.41 Å². The zero-order chi connectivity index (χ0) is 22.5. The van der Waals surface area contributed by atoms with Gasteiger partial charge in [0.25, 0.3) is 0 Å². The standard InChI is InChI=1S/C23H32N4O3S/c1-22(2,3)30-21(29)25-15-23(4,16-28)14-24-20-26-18(13-31-20)19-11-8-12-27(19)17-9-6-5-7-10-17/h5-7,9-10,13,16,19H,8,11-12,14-15H2,1-4H3,(H,24,26)(H,25,29)/t19-,23?/m1/s1. The van der Waals surface area contributed by atoms with Gasteiger partial charge in [-0.2, -0.15) is 0 Å². The minimum absolute atomic E-state index is 0.182. The topological polar surface area (TPSA) is 83.6 Å². The van der Waals surface area contributed by atoms with Crippen LogP contribution in [0.4, 0.5) is 15.6 Å². The molecule has 3 rings (SSSR count). The number of ether oxygens (including phenoxy) is 1. The fraction of sp³-hybridized carbons (Fsp3) is 0.522. The summed E-state index contributed by atoms with van der Waals surface area (Å²) in [7, 11) is 0. The van der Waals surface area contributed by atoms with Crippen LogP contribution in [0.1, 0.15) is 52.3 Å². The van der Waals surface area contributed by atoms with Crippen molar-refractivity contribution in [3.8, 4) is 0 Å². The third-order valence-corrected chi connectivity index (χ3v) is 5.99. The number of anilines is 2. The van der Waals surface area contributed by atoms with Gasteiger partial charge in [0.1, 0.15) is 11.9 Å². The van der Waals surface area contributed by atoms with Crippen LogP contribution < -0.4 is 15.5 Å². The van der Waals surface area contributed by atoms with Gasteiger partial charge >= 0.3 is 6.09 Å². The Hall–Kier alpha value is -2.61. The molecule has 1 saturated heterocycles. The Morgan fingerprint density at radius 2 is 2.00 bits per heavy atom. The van der Waals surface area contributed by atoms with E-state index in [9.17, 15) is 9.59 Å². The highest BCUT2D eigenvalue weighted by molar-refractivity contribution is 7.13. The molecular weight excluding hydrogens is 412 g/mol. The molecule has 2 N–H and O–H groups in total. The van der Waals surface area contributed by atoms with Crippen LogP contribution >= 0.6 is 11.3 Å². The SMILES string of the molecule is CC(C=O)(CNC(=O)OC(C)(C)C)CNc1nc([C@H]2CCCN2c2ccccc2)cs1. The van der Waals surface area contributed by atoms with Crippen LogP contribution in [0.2, 0.25) is 0 Å². The Morgan fingerprint density at radius 3 is 2.68 bits per heavy atom. The zero-order valence-electron chi connectivity index (χ0n) is 18.7. The largest absolute Gasteiger partial charge is 0.444 e. The van der Waals surface area contributed by atoms with Gasteiger partial charge in [0.05, 0.1) is 17.2 Å². The molecule has 1 aliphatic rings. The van der Waals surface area contributed by atoms with Crippen LogP contribution in [0.25, 0.3) is 0 Å². The van der Waals surface area contributed by atoms with E-state index < -0.39 is 17.1 Å². The second kappa shape index (κ2) is 9.68. The van der Waals surface area contributed by atoms with Gasteiger partial charge in [0.15, 0.2) is 5.13 Å². The Labute approximate surface area is 188 Å².